The van der Waals surface area contributed by atoms with Crippen molar-refractivity contribution in [1.82, 2.24) is 14.6 Å². The van der Waals surface area contributed by atoms with E-state index < -0.39 is 5.97 Å². The van der Waals surface area contributed by atoms with Crippen LogP contribution < -0.4 is 5.32 Å². The Morgan fingerprint density at radius 1 is 1.42 bits per heavy atom. The lowest BCUT2D eigenvalue weighted by Gasteiger charge is -2.03. The summed E-state index contributed by atoms with van der Waals surface area (Å²) in [4.78, 5) is 26.7. The SMILES string of the molecule is Cc1nnsc1C(=O)Nc1ccc(CC(=O)O)nc1. The Labute approximate surface area is 112 Å². The molecule has 0 aliphatic heterocycles. The van der Waals surface area contributed by atoms with Crippen molar-refractivity contribution in [2.24, 2.45) is 0 Å². The Balaban J connectivity index is 2.06. The molecule has 0 aliphatic rings. The second-order valence-corrected chi connectivity index (χ2v) is 4.50. The predicted molar refractivity (Wildman–Crippen MR) is 68.2 cm³/mol. The molecule has 0 saturated carbocycles. The average Bonchev–Trinajstić information content (AvgIpc) is 2.77. The van der Waals surface area contributed by atoms with E-state index in [2.05, 4.69) is 19.9 Å². The monoisotopic (exact) mass is 278 g/mol. The largest absolute Gasteiger partial charge is 0.481 e. The molecular weight excluding hydrogens is 268 g/mol. The maximum Gasteiger partial charge on any atom is 0.309 e. The van der Waals surface area contributed by atoms with Gasteiger partial charge < -0.3 is 10.4 Å². The number of aromatic nitrogens is 3. The molecule has 2 heterocycles. The molecule has 0 atom stereocenters. The predicted octanol–water partition coefficient (Wildman–Crippen LogP) is 1.12. The van der Waals surface area contributed by atoms with Gasteiger partial charge in [-0.25, -0.2) is 0 Å². The van der Waals surface area contributed by atoms with Crippen LogP contribution >= 0.6 is 11.5 Å². The number of hydrogen-bond donors (Lipinski definition) is 2. The van der Waals surface area contributed by atoms with Gasteiger partial charge in [0.1, 0.15) is 4.88 Å². The highest BCUT2D eigenvalue weighted by Crippen LogP contribution is 2.13. The molecule has 2 rings (SSSR count). The van der Waals surface area contributed by atoms with Gasteiger partial charge in [0, 0.05) is 0 Å². The summed E-state index contributed by atoms with van der Waals surface area (Å²) >= 11 is 1.02. The first kappa shape index (κ1) is 13.1. The Bertz CT molecular complexity index is 609. The first-order chi connectivity index (χ1) is 9.06. The van der Waals surface area contributed by atoms with Crippen LogP contribution in [0.5, 0.6) is 0 Å². The third-order valence-electron chi connectivity index (χ3n) is 2.27. The van der Waals surface area contributed by atoms with Gasteiger partial charge in [-0.05, 0) is 30.6 Å². The molecule has 0 spiro atoms. The number of carbonyl (C=O) groups excluding carboxylic acids is 1. The highest BCUT2D eigenvalue weighted by Gasteiger charge is 2.13. The van der Waals surface area contributed by atoms with E-state index in [4.69, 9.17) is 5.11 Å². The van der Waals surface area contributed by atoms with Crippen molar-refractivity contribution >= 4 is 29.1 Å². The number of anilines is 1. The van der Waals surface area contributed by atoms with Crippen molar-refractivity contribution in [1.29, 1.82) is 0 Å². The van der Waals surface area contributed by atoms with Crippen LogP contribution in [0.15, 0.2) is 18.3 Å². The van der Waals surface area contributed by atoms with Gasteiger partial charge in [-0.2, -0.15) is 0 Å². The Morgan fingerprint density at radius 3 is 2.74 bits per heavy atom. The molecule has 2 N–H and O–H groups in total. The molecule has 0 unspecified atom stereocenters. The summed E-state index contributed by atoms with van der Waals surface area (Å²) in [7, 11) is 0. The second-order valence-electron chi connectivity index (χ2n) is 3.75. The smallest absolute Gasteiger partial charge is 0.309 e. The van der Waals surface area contributed by atoms with Crippen molar-refractivity contribution in [3.05, 3.63) is 34.6 Å². The number of carbonyl (C=O) groups is 2. The van der Waals surface area contributed by atoms with E-state index in [-0.39, 0.29) is 12.3 Å². The minimum absolute atomic E-state index is 0.147. The fourth-order valence-corrected chi connectivity index (χ4v) is 1.94. The third kappa shape index (κ3) is 3.32. The van der Waals surface area contributed by atoms with Gasteiger partial charge in [-0.15, -0.1) is 5.10 Å². The Morgan fingerprint density at radius 2 is 2.21 bits per heavy atom. The average molecular weight is 278 g/mol. The fourth-order valence-electron chi connectivity index (χ4n) is 1.39. The number of carboxylic acids is 1. The molecule has 8 heteroatoms. The highest BCUT2D eigenvalue weighted by atomic mass is 32.1. The van der Waals surface area contributed by atoms with Crippen molar-refractivity contribution in [3.63, 3.8) is 0 Å². The standard InChI is InChI=1S/C11H10N4O3S/c1-6-10(19-15-14-6)11(18)13-8-3-2-7(12-5-8)4-9(16)17/h2-3,5H,4H2,1H3,(H,13,18)(H,16,17). The lowest BCUT2D eigenvalue weighted by Crippen LogP contribution is -2.12. The number of carboxylic acid groups (broad SMARTS) is 1. The number of aliphatic carboxylic acids is 1. The minimum atomic E-state index is -0.948. The maximum atomic E-state index is 11.9. The number of amides is 1. The van der Waals surface area contributed by atoms with E-state index in [1.54, 1.807) is 19.1 Å². The van der Waals surface area contributed by atoms with Crippen molar-refractivity contribution in [3.8, 4) is 0 Å². The first-order valence-corrected chi connectivity index (χ1v) is 6.10. The van der Waals surface area contributed by atoms with Crippen LogP contribution in [0.3, 0.4) is 0 Å². The van der Waals surface area contributed by atoms with Gasteiger partial charge in [0.15, 0.2) is 0 Å². The van der Waals surface area contributed by atoms with Gasteiger partial charge in [0.25, 0.3) is 5.91 Å². The third-order valence-corrected chi connectivity index (χ3v) is 3.10. The van der Waals surface area contributed by atoms with Crippen LogP contribution in [0.4, 0.5) is 5.69 Å². The van der Waals surface area contributed by atoms with E-state index >= 15 is 0 Å². The number of aryl methyl sites for hydroxylation is 1. The maximum absolute atomic E-state index is 11.9. The molecule has 0 saturated heterocycles. The lowest BCUT2D eigenvalue weighted by atomic mass is 10.2. The lowest BCUT2D eigenvalue weighted by molar-refractivity contribution is -0.136. The zero-order valence-electron chi connectivity index (χ0n) is 9.95. The van der Waals surface area contributed by atoms with Crippen molar-refractivity contribution in [2.75, 3.05) is 5.32 Å². The van der Waals surface area contributed by atoms with Gasteiger partial charge in [0.2, 0.25) is 0 Å². The van der Waals surface area contributed by atoms with Crippen molar-refractivity contribution < 1.29 is 14.7 Å². The number of nitrogens with one attached hydrogen (secondary N) is 1. The Hall–Kier alpha value is -2.35. The minimum Gasteiger partial charge on any atom is -0.481 e. The summed E-state index contributed by atoms with van der Waals surface area (Å²) in [6.45, 7) is 1.70. The van der Waals surface area contributed by atoms with Gasteiger partial charge >= 0.3 is 5.97 Å². The molecule has 7 nitrogen and oxygen atoms in total. The molecule has 0 bridgehead atoms. The molecule has 1 amide bonds. The highest BCUT2D eigenvalue weighted by molar-refractivity contribution is 7.08. The zero-order valence-corrected chi connectivity index (χ0v) is 10.8. The molecule has 0 fully saturated rings. The molecule has 19 heavy (non-hydrogen) atoms. The first-order valence-electron chi connectivity index (χ1n) is 5.33. The van der Waals surface area contributed by atoms with Crippen LogP contribution in [0.1, 0.15) is 21.1 Å². The van der Waals surface area contributed by atoms with Gasteiger partial charge in [-0.3, -0.25) is 14.6 Å². The van der Waals surface area contributed by atoms with E-state index in [9.17, 15) is 9.59 Å². The summed E-state index contributed by atoms with van der Waals surface area (Å²) in [5, 5.41) is 15.0. The molecule has 2 aromatic heterocycles. The summed E-state index contributed by atoms with van der Waals surface area (Å²) in [5.74, 6) is -1.25. The Kier molecular flexibility index (Phi) is 3.81. The number of rotatable bonds is 4. The quantitative estimate of drug-likeness (QED) is 0.868. The van der Waals surface area contributed by atoms with Crippen LogP contribution in [0.2, 0.25) is 0 Å². The topological polar surface area (TPSA) is 105 Å². The van der Waals surface area contributed by atoms with E-state index in [1.165, 1.54) is 6.20 Å². The summed E-state index contributed by atoms with van der Waals surface area (Å²) in [6.07, 6.45) is 1.27. The van der Waals surface area contributed by atoms with Crippen LogP contribution in [0.25, 0.3) is 0 Å². The molecule has 2 aromatic rings. The van der Waals surface area contributed by atoms with Crippen LogP contribution in [-0.2, 0) is 11.2 Å². The zero-order chi connectivity index (χ0) is 13.8. The number of hydrogen-bond acceptors (Lipinski definition) is 6. The van der Waals surface area contributed by atoms with Crippen molar-refractivity contribution in [2.45, 2.75) is 13.3 Å². The van der Waals surface area contributed by atoms with Crippen LogP contribution in [0, 0.1) is 6.92 Å². The van der Waals surface area contributed by atoms with E-state index in [0.29, 0.717) is 22.0 Å². The summed E-state index contributed by atoms with van der Waals surface area (Å²) in [5.41, 5.74) is 1.49. The van der Waals surface area contributed by atoms with E-state index in [0.717, 1.165) is 11.5 Å². The number of pyridine rings is 1. The number of nitrogens with zero attached hydrogens (tertiary/aromatic N) is 3. The molecular formula is C11H10N4O3S. The summed E-state index contributed by atoms with van der Waals surface area (Å²) in [6, 6.07) is 3.16. The van der Waals surface area contributed by atoms with E-state index in [1.807, 2.05) is 0 Å². The fraction of sp³-hybridized carbons (Fsp3) is 0.182. The molecule has 0 radical (unpaired) electrons. The molecule has 0 aromatic carbocycles. The van der Waals surface area contributed by atoms with Gasteiger partial charge in [0.05, 0.1) is 29.7 Å². The normalized spacial score (nSPS) is 10.2. The van der Waals surface area contributed by atoms with Gasteiger partial charge in [-0.1, -0.05) is 4.49 Å². The van der Waals surface area contributed by atoms with Crippen LogP contribution in [-0.4, -0.2) is 31.6 Å². The molecule has 0 aliphatic carbocycles. The summed E-state index contributed by atoms with van der Waals surface area (Å²) < 4.78 is 3.68. The molecule has 98 valence electrons. The second kappa shape index (κ2) is 5.53.